The Labute approximate surface area is 132 Å². The molecule has 0 atom stereocenters. The average molecular weight is 296 g/mol. The minimum Gasteiger partial charge on any atom is -0.384 e. The average Bonchev–Trinajstić information content (AvgIpc) is 2.47. The number of benzene rings is 1. The van der Waals surface area contributed by atoms with Gasteiger partial charge in [-0.2, -0.15) is 0 Å². The van der Waals surface area contributed by atoms with Crippen LogP contribution in [0.4, 0.5) is 0 Å². The number of H-pyrrole nitrogens is 1. The Bertz CT molecular complexity index is 706. The minimum absolute atomic E-state index is 0.0833. The number of rotatable bonds is 4. The second kappa shape index (κ2) is 6.65. The SMILES string of the molecule is C/C(=C(\NCC(C)(C)C)c1ccccc1)c1cc[nH]c(=O)c1. The summed E-state index contributed by atoms with van der Waals surface area (Å²) in [6, 6.07) is 13.8. The van der Waals surface area contributed by atoms with Crippen molar-refractivity contribution in [3.8, 4) is 0 Å². The molecule has 3 heteroatoms. The Balaban J connectivity index is 2.47. The van der Waals surface area contributed by atoms with E-state index in [2.05, 4.69) is 43.2 Å². The summed E-state index contributed by atoms with van der Waals surface area (Å²) in [6.07, 6.45) is 1.69. The van der Waals surface area contributed by atoms with E-state index in [4.69, 9.17) is 0 Å². The topological polar surface area (TPSA) is 44.9 Å². The lowest BCUT2D eigenvalue weighted by atomic mass is 9.95. The Morgan fingerprint density at radius 3 is 2.36 bits per heavy atom. The van der Waals surface area contributed by atoms with Gasteiger partial charge in [-0.05, 0) is 35.1 Å². The van der Waals surface area contributed by atoms with E-state index in [9.17, 15) is 4.79 Å². The molecule has 0 saturated heterocycles. The van der Waals surface area contributed by atoms with Crippen molar-refractivity contribution in [1.82, 2.24) is 10.3 Å². The van der Waals surface area contributed by atoms with Crippen molar-refractivity contribution in [2.75, 3.05) is 6.54 Å². The number of allylic oxidation sites excluding steroid dienone is 1. The summed E-state index contributed by atoms with van der Waals surface area (Å²) in [5.41, 5.74) is 4.30. The third kappa shape index (κ3) is 4.35. The first kappa shape index (κ1) is 16.1. The van der Waals surface area contributed by atoms with Crippen LogP contribution < -0.4 is 10.9 Å². The zero-order chi connectivity index (χ0) is 16.2. The summed E-state index contributed by atoms with van der Waals surface area (Å²) < 4.78 is 0. The molecule has 2 N–H and O–H groups in total. The van der Waals surface area contributed by atoms with Crippen LogP contribution in [0.15, 0.2) is 53.5 Å². The lowest BCUT2D eigenvalue weighted by Crippen LogP contribution is -2.26. The van der Waals surface area contributed by atoms with Crippen molar-refractivity contribution in [3.63, 3.8) is 0 Å². The van der Waals surface area contributed by atoms with E-state index >= 15 is 0 Å². The number of hydrogen-bond acceptors (Lipinski definition) is 2. The van der Waals surface area contributed by atoms with Gasteiger partial charge in [0.25, 0.3) is 0 Å². The van der Waals surface area contributed by atoms with Crippen molar-refractivity contribution in [2.24, 2.45) is 5.41 Å². The standard InChI is InChI=1S/C19H24N2O/c1-14(16-10-11-20-17(22)12-16)18(21-13-19(2,3)4)15-8-6-5-7-9-15/h5-12,21H,13H2,1-4H3,(H,20,22)/b18-14+. The van der Waals surface area contributed by atoms with Crippen molar-refractivity contribution in [3.05, 3.63) is 70.1 Å². The van der Waals surface area contributed by atoms with Crippen molar-refractivity contribution in [2.45, 2.75) is 27.7 Å². The molecule has 0 fully saturated rings. The molecular weight excluding hydrogens is 272 g/mol. The molecule has 2 rings (SSSR count). The van der Waals surface area contributed by atoms with Gasteiger partial charge in [0.15, 0.2) is 0 Å². The monoisotopic (exact) mass is 296 g/mol. The molecule has 0 spiro atoms. The molecule has 1 heterocycles. The van der Waals surface area contributed by atoms with Gasteiger partial charge in [0.05, 0.1) is 0 Å². The van der Waals surface area contributed by atoms with Crippen LogP contribution in [0.3, 0.4) is 0 Å². The predicted molar refractivity (Wildman–Crippen MR) is 93.5 cm³/mol. The number of aromatic nitrogens is 1. The van der Waals surface area contributed by atoms with Crippen molar-refractivity contribution >= 4 is 11.3 Å². The van der Waals surface area contributed by atoms with Gasteiger partial charge in [0.2, 0.25) is 5.56 Å². The quantitative estimate of drug-likeness (QED) is 0.898. The van der Waals surface area contributed by atoms with E-state index in [1.165, 1.54) is 0 Å². The molecule has 3 nitrogen and oxygen atoms in total. The number of aromatic amines is 1. The fraction of sp³-hybridized carbons (Fsp3) is 0.316. The van der Waals surface area contributed by atoms with Gasteiger partial charge in [-0.3, -0.25) is 4.79 Å². The van der Waals surface area contributed by atoms with Gasteiger partial charge in [0.1, 0.15) is 0 Å². The summed E-state index contributed by atoms with van der Waals surface area (Å²) >= 11 is 0. The number of hydrogen-bond donors (Lipinski definition) is 2. The summed E-state index contributed by atoms with van der Waals surface area (Å²) in [7, 11) is 0. The fourth-order valence-corrected chi connectivity index (χ4v) is 2.23. The van der Waals surface area contributed by atoms with Crippen LogP contribution in [0.5, 0.6) is 0 Å². The molecule has 22 heavy (non-hydrogen) atoms. The van der Waals surface area contributed by atoms with Crippen LogP contribution >= 0.6 is 0 Å². The third-order valence-corrected chi connectivity index (χ3v) is 3.44. The molecule has 1 aromatic heterocycles. The van der Waals surface area contributed by atoms with Crippen LogP contribution in [0.1, 0.15) is 38.8 Å². The smallest absolute Gasteiger partial charge is 0.248 e. The van der Waals surface area contributed by atoms with Gasteiger partial charge >= 0.3 is 0 Å². The van der Waals surface area contributed by atoms with E-state index in [0.29, 0.717) is 0 Å². The highest BCUT2D eigenvalue weighted by Gasteiger charge is 2.13. The Kier molecular flexibility index (Phi) is 4.86. The van der Waals surface area contributed by atoms with E-state index in [1.54, 1.807) is 12.3 Å². The number of pyridine rings is 1. The van der Waals surface area contributed by atoms with Gasteiger partial charge in [-0.25, -0.2) is 0 Å². The summed E-state index contributed by atoms with van der Waals surface area (Å²) in [5, 5.41) is 3.56. The second-order valence-electron chi connectivity index (χ2n) is 6.72. The van der Waals surface area contributed by atoms with E-state index < -0.39 is 0 Å². The van der Waals surface area contributed by atoms with Crippen LogP contribution in [0.25, 0.3) is 11.3 Å². The van der Waals surface area contributed by atoms with E-state index in [-0.39, 0.29) is 11.0 Å². The molecule has 0 amide bonds. The molecule has 0 aliphatic heterocycles. The maximum Gasteiger partial charge on any atom is 0.248 e. The molecule has 116 valence electrons. The van der Waals surface area contributed by atoms with Crippen LogP contribution in [0, 0.1) is 5.41 Å². The van der Waals surface area contributed by atoms with Crippen molar-refractivity contribution in [1.29, 1.82) is 0 Å². The molecule has 1 aromatic carbocycles. The summed E-state index contributed by atoms with van der Waals surface area (Å²) in [5.74, 6) is 0. The molecule has 0 aliphatic rings. The molecular formula is C19H24N2O. The molecule has 0 radical (unpaired) electrons. The maximum absolute atomic E-state index is 11.6. The summed E-state index contributed by atoms with van der Waals surface area (Å²) in [6.45, 7) is 9.51. The van der Waals surface area contributed by atoms with Crippen molar-refractivity contribution < 1.29 is 0 Å². The number of nitrogens with one attached hydrogen (secondary N) is 2. The van der Waals surface area contributed by atoms with Crippen LogP contribution in [-0.4, -0.2) is 11.5 Å². The largest absolute Gasteiger partial charge is 0.384 e. The van der Waals surface area contributed by atoms with Gasteiger partial charge in [0, 0.05) is 24.5 Å². The molecule has 0 bridgehead atoms. The van der Waals surface area contributed by atoms with Gasteiger partial charge < -0.3 is 10.3 Å². The normalized spacial score (nSPS) is 12.7. The maximum atomic E-state index is 11.6. The van der Waals surface area contributed by atoms with Gasteiger partial charge in [-0.1, -0.05) is 51.1 Å². The Morgan fingerprint density at radius 1 is 1.09 bits per heavy atom. The van der Waals surface area contributed by atoms with Crippen LogP contribution in [-0.2, 0) is 0 Å². The lowest BCUT2D eigenvalue weighted by molar-refractivity contribution is 0.406. The first-order valence-corrected chi connectivity index (χ1v) is 7.56. The zero-order valence-electron chi connectivity index (χ0n) is 13.7. The first-order chi connectivity index (χ1) is 10.4. The summed E-state index contributed by atoms with van der Waals surface area (Å²) in [4.78, 5) is 14.2. The zero-order valence-corrected chi connectivity index (χ0v) is 13.7. The highest BCUT2D eigenvalue weighted by molar-refractivity contribution is 5.88. The fourth-order valence-electron chi connectivity index (χ4n) is 2.23. The van der Waals surface area contributed by atoms with E-state index in [0.717, 1.165) is 28.9 Å². The third-order valence-electron chi connectivity index (χ3n) is 3.44. The first-order valence-electron chi connectivity index (χ1n) is 7.56. The predicted octanol–water partition coefficient (Wildman–Crippen LogP) is 3.90. The second-order valence-corrected chi connectivity index (χ2v) is 6.72. The minimum atomic E-state index is -0.0833. The highest BCUT2D eigenvalue weighted by atomic mass is 16.1. The van der Waals surface area contributed by atoms with E-state index in [1.807, 2.05) is 31.2 Å². The van der Waals surface area contributed by atoms with Crippen LogP contribution in [0.2, 0.25) is 0 Å². The lowest BCUT2D eigenvalue weighted by Gasteiger charge is -2.23. The molecule has 0 aliphatic carbocycles. The Morgan fingerprint density at radius 2 is 1.77 bits per heavy atom. The molecule has 0 unspecified atom stereocenters. The molecule has 2 aromatic rings. The molecule has 0 saturated carbocycles. The van der Waals surface area contributed by atoms with Gasteiger partial charge in [-0.15, -0.1) is 0 Å². The Hall–Kier alpha value is -2.29. The highest BCUT2D eigenvalue weighted by Crippen LogP contribution is 2.24.